The van der Waals surface area contributed by atoms with Gasteiger partial charge in [-0.25, -0.2) is 4.79 Å². The van der Waals surface area contributed by atoms with Crippen LogP contribution in [0.2, 0.25) is 0 Å². The van der Waals surface area contributed by atoms with Gasteiger partial charge in [-0.15, -0.1) is 0 Å². The highest BCUT2D eigenvalue weighted by Gasteiger charge is 2.66. The van der Waals surface area contributed by atoms with Gasteiger partial charge < -0.3 is 14.2 Å². The van der Waals surface area contributed by atoms with Crippen molar-refractivity contribution in [3.05, 3.63) is 12.2 Å². The zero-order valence-corrected chi connectivity index (χ0v) is 12.0. The fraction of sp³-hybridized carbons (Fsp3) is 0.812. The van der Waals surface area contributed by atoms with Crippen LogP contribution in [0.3, 0.4) is 0 Å². The second-order valence-corrected chi connectivity index (χ2v) is 7.11. The molecule has 1 aliphatic heterocycles. The van der Waals surface area contributed by atoms with E-state index in [0.717, 1.165) is 32.1 Å². The number of ether oxygens (including phenoxy) is 3. The molecule has 4 saturated carbocycles. The van der Waals surface area contributed by atoms with Crippen LogP contribution in [0, 0.1) is 17.8 Å². The summed E-state index contributed by atoms with van der Waals surface area (Å²) in [7, 11) is 0. The SMILES string of the molecule is C=C(C)C(=O)OC12CC3CC(C1)C1(OCCO1)C(C3)C2. The monoisotopic (exact) mass is 278 g/mol. The summed E-state index contributed by atoms with van der Waals surface area (Å²) in [6, 6.07) is 0. The molecule has 0 radical (unpaired) electrons. The number of hydrogen-bond acceptors (Lipinski definition) is 4. The highest BCUT2D eigenvalue weighted by molar-refractivity contribution is 5.87. The smallest absolute Gasteiger partial charge is 0.333 e. The molecule has 0 aromatic heterocycles. The summed E-state index contributed by atoms with van der Waals surface area (Å²) in [6.45, 7) is 6.83. The number of carbonyl (C=O) groups is 1. The molecule has 5 fully saturated rings. The lowest BCUT2D eigenvalue weighted by Gasteiger charge is -2.61. The lowest BCUT2D eigenvalue weighted by atomic mass is 9.51. The second kappa shape index (κ2) is 4.08. The molecule has 1 heterocycles. The largest absolute Gasteiger partial charge is 0.456 e. The topological polar surface area (TPSA) is 44.8 Å². The molecule has 4 aliphatic carbocycles. The van der Waals surface area contributed by atoms with Crippen molar-refractivity contribution >= 4 is 5.97 Å². The third-order valence-electron chi connectivity index (χ3n) is 5.67. The first kappa shape index (κ1) is 12.8. The lowest BCUT2D eigenvalue weighted by molar-refractivity contribution is -0.314. The Hall–Kier alpha value is -0.870. The zero-order chi connectivity index (χ0) is 14.0. The maximum absolute atomic E-state index is 12.0. The van der Waals surface area contributed by atoms with Crippen molar-refractivity contribution in [1.29, 1.82) is 0 Å². The average Bonchev–Trinajstić information content (AvgIpc) is 2.85. The number of carbonyl (C=O) groups excluding carboxylic acids is 1. The molecule has 0 N–H and O–H groups in total. The van der Waals surface area contributed by atoms with Gasteiger partial charge in [0.15, 0.2) is 5.79 Å². The molecule has 20 heavy (non-hydrogen) atoms. The minimum Gasteiger partial charge on any atom is -0.456 e. The van der Waals surface area contributed by atoms with Gasteiger partial charge in [0, 0.05) is 17.4 Å². The highest BCUT2D eigenvalue weighted by atomic mass is 16.7. The number of rotatable bonds is 2. The van der Waals surface area contributed by atoms with E-state index in [1.807, 2.05) is 0 Å². The molecule has 4 bridgehead atoms. The van der Waals surface area contributed by atoms with Gasteiger partial charge in [0.25, 0.3) is 0 Å². The molecule has 0 aromatic rings. The molecule has 5 aliphatic rings. The molecule has 1 saturated heterocycles. The van der Waals surface area contributed by atoms with Crippen LogP contribution in [0.15, 0.2) is 12.2 Å². The maximum Gasteiger partial charge on any atom is 0.333 e. The van der Waals surface area contributed by atoms with Gasteiger partial charge in [-0.2, -0.15) is 0 Å². The summed E-state index contributed by atoms with van der Waals surface area (Å²) in [6.07, 6.45) is 5.10. The zero-order valence-electron chi connectivity index (χ0n) is 12.0. The number of esters is 1. The van der Waals surface area contributed by atoms with Crippen molar-refractivity contribution in [1.82, 2.24) is 0 Å². The Morgan fingerprint density at radius 1 is 1.15 bits per heavy atom. The van der Waals surface area contributed by atoms with Crippen LogP contribution in [0.1, 0.15) is 39.0 Å². The van der Waals surface area contributed by atoms with Crippen molar-refractivity contribution in [2.45, 2.75) is 50.4 Å². The minimum absolute atomic E-state index is 0.241. The normalized spacial score (nSPS) is 44.0. The van der Waals surface area contributed by atoms with E-state index in [1.165, 1.54) is 0 Å². The van der Waals surface area contributed by atoms with Gasteiger partial charge in [-0.3, -0.25) is 0 Å². The quantitative estimate of drug-likeness (QED) is 0.575. The Balaban J connectivity index is 1.61. The lowest BCUT2D eigenvalue weighted by Crippen LogP contribution is -2.65. The Labute approximate surface area is 119 Å². The van der Waals surface area contributed by atoms with Crippen LogP contribution in [0.5, 0.6) is 0 Å². The molecule has 110 valence electrons. The van der Waals surface area contributed by atoms with Crippen molar-refractivity contribution in [2.24, 2.45) is 17.8 Å². The first-order chi connectivity index (χ1) is 9.53. The molecule has 2 atom stereocenters. The molecule has 2 unspecified atom stereocenters. The molecular weight excluding hydrogens is 256 g/mol. The van der Waals surface area contributed by atoms with Crippen LogP contribution in [0.25, 0.3) is 0 Å². The van der Waals surface area contributed by atoms with Crippen LogP contribution in [-0.4, -0.2) is 30.6 Å². The fourth-order valence-electron chi connectivity index (χ4n) is 5.18. The highest BCUT2D eigenvalue weighted by Crippen LogP contribution is 2.63. The van der Waals surface area contributed by atoms with Gasteiger partial charge in [-0.05, 0) is 44.9 Å². The maximum atomic E-state index is 12.0. The summed E-state index contributed by atoms with van der Waals surface area (Å²) in [4.78, 5) is 12.0. The third kappa shape index (κ3) is 1.64. The first-order valence-corrected chi connectivity index (χ1v) is 7.70. The fourth-order valence-corrected chi connectivity index (χ4v) is 5.18. The molecule has 1 spiro atoms. The summed E-state index contributed by atoms with van der Waals surface area (Å²) < 4.78 is 17.9. The van der Waals surface area contributed by atoms with Crippen molar-refractivity contribution in [3.8, 4) is 0 Å². The predicted octanol–water partition coefficient (Wildman–Crippen LogP) is 2.43. The van der Waals surface area contributed by atoms with Gasteiger partial charge in [0.2, 0.25) is 0 Å². The van der Waals surface area contributed by atoms with E-state index in [1.54, 1.807) is 6.92 Å². The van der Waals surface area contributed by atoms with Crippen molar-refractivity contribution < 1.29 is 19.0 Å². The van der Waals surface area contributed by atoms with E-state index in [2.05, 4.69) is 6.58 Å². The van der Waals surface area contributed by atoms with E-state index >= 15 is 0 Å². The van der Waals surface area contributed by atoms with E-state index in [4.69, 9.17) is 14.2 Å². The minimum atomic E-state index is -0.365. The predicted molar refractivity (Wildman–Crippen MR) is 71.8 cm³/mol. The summed E-state index contributed by atoms with van der Waals surface area (Å²) in [5.41, 5.74) is 0.205. The molecule has 4 nitrogen and oxygen atoms in total. The van der Waals surface area contributed by atoms with Gasteiger partial charge in [-0.1, -0.05) is 6.58 Å². The summed E-state index contributed by atoms with van der Waals surface area (Å²) >= 11 is 0. The Kier molecular flexibility index (Phi) is 2.62. The molecule has 0 amide bonds. The third-order valence-corrected chi connectivity index (χ3v) is 5.67. The summed E-state index contributed by atoms with van der Waals surface area (Å²) in [5.74, 6) is 0.817. The van der Waals surface area contributed by atoms with Crippen LogP contribution >= 0.6 is 0 Å². The van der Waals surface area contributed by atoms with E-state index in [0.29, 0.717) is 36.5 Å². The van der Waals surface area contributed by atoms with Gasteiger partial charge in [0.05, 0.1) is 13.2 Å². The van der Waals surface area contributed by atoms with Crippen LogP contribution in [-0.2, 0) is 19.0 Å². The molecule has 0 aromatic carbocycles. The first-order valence-electron chi connectivity index (χ1n) is 7.70. The Morgan fingerprint density at radius 3 is 2.30 bits per heavy atom. The van der Waals surface area contributed by atoms with Crippen LogP contribution < -0.4 is 0 Å². The van der Waals surface area contributed by atoms with Crippen molar-refractivity contribution in [2.75, 3.05) is 13.2 Å². The number of hydrogen-bond donors (Lipinski definition) is 0. The van der Waals surface area contributed by atoms with E-state index in [9.17, 15) is 4.79 Å². The Morgan fingerprint density at radius 2 is 1.75 bits per heavy atom. The van der Waals surface area contributed by atoms with Crippen molar-refractivity contribution in [3.63, 3.8) is 0 Å². The van der Waals surface area contributed by atoms with E-state index < -0.39 is 0 Å². The standard InChI is InChI=1S/C16H22O4/c1-10(2)14(17)20-15-7-11-5-12(8-15)16(13(6-11)9-15)18-3-4-19-16/h11-13H,1,3-9H2,2H3. The van der Waals surface area contributed by atoms with Gasteiger partial charge in [0.1, 0.15) is 5.60 Å². The summed E-state index contributed by atoms with van der Waals surface area (Å²) in [5, 5.41) is 0. The molecule has 5 rings (SSSR count). The Bertz CT molecular complexity index is 445. The van der Waals surface area contributed by atoms with E-state index in [-0.39, 0.29) is 17.4 Å². The molecule has 4 heteroatoms. The van der Waals surface area contributed by atoms with Crippen LogP contribution in [0.4, 0.5) is 0 Å². The van der Waals surface area contributed by atoms with Gasteiger partial charge >= 0.3 is 5.97 Å². The average molecular weight is 278 g/mol. The second-order valence-electron chi connectivity index (χ2n) is 7.11. The molecular formula is C16H22O4.